The van der Waals surface area contributed by atoms with E-state index in [1.165, 1.54) is 0 Å². The lowest BCUT2D eigenvalue weighted by molar-refractivity contribution is 0.465. The zero-order valence-corrected chi connectivity index (χ0v) is 7.94. The average Bonchev–Trinajstić information content (AvgIpc) is 2.06. The summed E-state index contributed by atoms with van der Waals surface area (Å²) in [6, 6.07) is 3.60. The van der Waals surface area contributed by atoms with Crippen molar-refractivity contribution in [3.63, 3.8) is 0 Å². The number of aromatic hydroxyl groups is 1. The molecule has 0 unspecified atom stereocenters. The predicted octanol–water partition coefficient (Wildman–Crippen LogP) is 2.07. The molecule has 2 N–H and O–H groups in total. The van der Waals surface area contributed by atoms with Gasteiger partial charge in [0.15, 0.2) is 0 Å². The second kappa shape index (κ2) is 3.78. The van der Waals surface area contributed by atoms with Gasteiger partial charge in [0.2, 0.25) is 0 Å². The van der Waals surface area contributed by atoms with Gasteiger partial charge in [-0.05, 0) is 25.6 Å². The molecule has 0 aliphatic heterocycles. The van der Waals surface area contributed by atoms with Gasteiger partial charge in [0.05, 0.1) is 5.02 Å². The van der Waals surface area contributed by atoms with E-state index in [1.807, 2.05) is 20.0 Å². The lowest BCUT2D eigenvalue weighted by atomic mass is 10.1. The second-order valence-electron chi connectivity index (χ2n) is 2.72. The van der Waals surface area contributed by atoms with Gasteiger partial charge in [-0.25, -0.2) is 0 Å². The molecular weight excluding hydrogens is 174 g/mol. The Balaban J connectivity index is 3.14. The lowest BCUT2D eigenvalue weighted by Crippen LogP contribution is -2.06. The quantitative estimate of drug-likeness (QED) is 0.740. The van der Waals surface area contributed by atoms with Gasteiger partial charge in [-0.15, -0.1) is 0 Å². The van der Waals surface area contributed by atoms with Crippen LogP contribution in [0.15, 0.2) is 12.1 Å². The molecule has 3 heteroatoms. The van der Waals surface area contributed by atoms with Crippen molar-refractivity contribution in [2.75, 3.05) is 7.05 Å². The summed E-state index contributed by atoms with van der Waals surface area (Å²) in [5.74, 6) is 0.186. The molecule has 1 aromatic rings. The highest BCUT2D eigenvalue weighted by Crippen LogP contribution is 2.29. The number of halogens is 1. The summed E-state index contributed by atoms with van der Waals surface area (Å²) in [7, 11) is 1.83. The van der Waals surface area contributed by atoms with Crippen LogP contribution in [-0.2, 0) is 6.54 Å². The average molecular weight is 186 g/mol. The van der Waals surface area contributed by atoms with E-state index in [0.717, 1.165) is 11.1 Å². The Hall–Kier alpha value is -0.730. The van der Waals surface area contributed by atoms with Gasteiger partial charge in [0, 0.05) is 12.1 Å². The molecule has 12 heavy (non-hydrogen) atoms. The van der Waals surface area contributed by atoms with Gasteiger partial charge in [0.1, 0.15) is 5.75 Å². The molecular formula is C9H12ClNO. The first-order chi connectivity index (χ1) is 5.66. The monoisotopic (exact) mass is 185 g/mol. The number of phenolic OH excluding ortho intramolecular Hbond substituents is 1. The molecule has 0 spiro atoms. The molecule has 66 valence electrons. The Kier molecular flexibility index (Phi) is 2.95. The molecule has 0 aliphatic rings. The van der Waals surface area contributed by atoms with Crippen LogP contribution in [0, 0.1) is 6.92 Å². The van der Waals surface area contributed by atoms with Crippen LogP contribution in [0.25, 0.3) is 0 Å². The Bertz CT molecular complexity index is 286. The summed E-state index contributed by atoms with van der Waals surface area (Å²) in [5, 5.41) is 12.9. The number of hydrogen-bond donors (Lipinski definition) is 2. The first kappa shape index (κ1) is 9.36. The highest BCUT2D eigenvalue weighted by molar-refractivity contribution is 6.32. The van der Waals surface area contributed by atoms with Crippen LogP contribution in [0.4, 0.5) is 0 Å². The maximum absolute atomic E-state index is 9.54. The zero-order chi connectivity index (χ0) is 9.14. The molecule has 1 aromatic carbocycles. The maximum Gasteiger partial charge on any atom is 0.138 e. The number of hydrogen-bond acceptors (Lipinski definition) is 2. The summed E-state index contributed by atoms with van der Waals surface area (Å²) >= 11 is 5.74. The molecule has 0 fully saturated rings. The summed E-state index contributed by atoms with van der Waals surface area (Å²) in [5.41, 5.74) is 1.91. The van der Waals surface area contributed by atoms with E-state index in [4.69, 9.17) is 11.6 Å². The number of rotatable bonds is 2. The molecule has 0 saturated carbocycles. The normalized spacial score (nSPS) is 10.2. The van der Waals surface area contributed by atoms with Crippen LogP contribution in [0.3, 0.4) is 0 Å². The minimum Gasteiger partial charge on any atom is -0.506 e. The standard InChI is InChI=1S/C9H12ClNO/c1-6-3-4-8(10)9(12)7(6)5-11-2/h3-4,11-12H,5H2,1-2H3. The SMILES string of the molecule is CNCc1c(C)ccc(Cl)c1O. The minimum atomic E-state index is 0.186. The molecule has 0 atom stereocenters. The lowest BCUT2D eigenvalue weighted by Gasteiger charge is -2.08. The van der Waals surface area contributed by atoms with Crippen molar-refractivity contribution in [1.82, 2.24) is 5.32 Å². The van der Waals surface area contributed by atoms with Crippen LogP contribution in [0.5, 0.6) is 5.75 Å². The third kappa shape index (κ3) is 1.71. The Morgan fingerprint density at radius 3 is 2.75 bits per heavy atom. The van der Waals surface area contributed by atoms with E-state index in [9.17, 15) is 5.11 Å². The molecule has 0 aliphatic carbocycles. The molecule has 1 rings (SSSR count). The van der Waals surface area contributed by atoms with Crippen molar-refractivity contribution in [2.45, 2.75) is 13.5 Å². The third-order valence-electron chi connectivity index (χ3n) is 1.82. The van der Waals surface area contributed by atoms with Crippen molar-refractivity contribution >= 4 is 11.6 Å². The van der Waals surface area contributed by atoms with Gasteiger partial charge in [-0.2, -0.15) is 0 Å². The van der Waals surface area contributed by atoms with Crippen molar-refractivity contribution in [1.29, 1.82) is 0 Å². The topological polar surface area (TPSA) is 32.3 Å². The highest BCUT2D eigenvalue weighted by atomic mass is 35.5. The Labute approximate surface area is 77.2 Å². The van der Waals surface area contributed by atoms with Crippen molar-refractivity contribution < 1.29 is 5.11 Å². The molecule has 0 saturated heterocycles. The number of phenols is 1. The fourth-order valence-electron chi connectivity index (χ4n) is 1.11. The fraction of sp³-hybridized carbons (Fsp3) is 0.333. The van der Waals surface area contributed by atoms with Crippen LogP contribution >= 0.6 is 11.6 Å². The van der Waals surface area contributed by atoms with Crippen molar-refractivity contribution in [3.05, 3.63) is 28.3 Å². The van der Waals surface area contributed by atoms with E-state index in [0.29, 0.717) is 11.6 Å². The summed E-state index contributed by atoms with van der Waals surface area (Å²) in [4.78, 5) is 0. The van der Waals surface area contributed by atoms with Crippen molar-refractivity contribution in [2.24, 2.45) is 0 Å². The minimum absolute atomic E-state index is 0.186. The summed E-state index contributed by atoms with van der Waals surface area (Å²) in [6.07, 6.45) is 0. The van der Waals surface area contributed by atoms with Gasteiger partial charge in [-0.1, -0.05) is 17.7 Å². The molecule has 0 aromatic heterocycles. The molecule has 0 radical (unpaired) electrons. The Morgan fingerprint density at radius 2 is 2.17 bits per heavy atom. The molecule has 0 amide bonds. The van der Waals surface area contributed by atoms with Crippen LogP contribution in [0.2, 0.25) is 5.02 Å². The largest absolute Gasteiger partial charge is 0.506 e. The first-order valence-electron chi connectivity index (χ1n) is 3.78. The van der Waals surface area contributed by atoms with Crippen molar-refractivity contribution in [3.8, 4) is 5.75 Å². The van der Waals surface area contributed by atoms with E-state index < -0.39 is 0 Å². The van der Waals surface area contributed by atoms with Gasteiger partial charge in [-0.3, -0.25) is 0 Å². The predicted molar refractivity (Wildman–Crippen MR) is 50.6 cm³/mol. The molecule has 2 nitrogen and oxygen atoms in total. The van der Waals surface area contributed by atoms with E-state index in [2.05, 4.69) is 5.32 Å². The third-order valence-corrected chi connectivity index (χ3v) is 2.13. The molecule has 0 heterocycles. The maximum atomic E-state index is 9.54. The second-order valence-corrected chi connectivity index (χ2v) is 3.13. The van der Waals surface area contributed by atoms with Gasteiger partial charge >= 0.3 is 0 Å². The number of aryl methyl sites for hydroxylation is 1. The van der Waals surface area contributed by atoms with Crippen LogP contribution < -0.4 is 5.32 Å². The van der Waals surface area contributed by atoms with E-state index in [-0.39, 0.29) is 5.75 Å². The highest BCUT2D eigenvalue weighted by Gasteiger charge is 2.06. The zero-order valence-electron chi connectivity index (χ0n) is 7.19. The van der Waals surface area contributed by atoms with E-state index >= 15 is 0 Å². The number of nitrogens with one attached hydrogen (secondary N) is 1. The smallest absolute Gasteiger partial charge is 0.138 e. The summed E-state index contributed by atoms with van der Waals surface area (Å²) in [6.45, 7) is 2.58. The molecule has 0 bridgehead atoms. The fourth-order valence-corrected chi connectivity index (χ4v) is 1.29. The van der Waals surface area contributed by atoms with E-state index in [1.54, 1.807) is 6.07 Å². The van der Waals surface area contributed by atoms with Crippen LogP contribution in [0.1, 0.15) is 11.1 Å². The first-order valence-corrected chi connectivity index (χ1v) is 4.16. The van der Waals surface area contributed by atoms with Crippen LogP contribution in [-0.4, -0.2) is 12.2 Å². The van der Waals surface area contributed by atoms with Gasteiger partial charge in [0.25, 0.3) is 0 Å². The number of benzene rings is 1. The van der Waals surface area contributed by atoms with Gasteiger partial charge < -0.3 is 10.4 Å². The Morgan fingerprint density at radius 1 is 1.50 bits per heavy atom. The summed E-state index contributed by atoms with van der Waals surface area (Å²) < 4.78 is 0.